The van der Waals surface area contributed by atoms with Crippen molar-refractivity contribution in [3.63, 3.8) is 0 Å². The fourth-order valence-corrected chi connectivity index (χ4v) is 1.86. The highest BCUT2D eigenvalue weighted by molar-refractivity contribution is 5.68. The first kappa shape index (κ1) is 15.0. The molecule has 112 valence electrons. The molecular weight excluding hydrogens is 281 g/mol. The van der Waals surface area contributed by atoms with E-state index in [1.807, 2.05) is 0 Å². The van der Waals surface area contributed by atoms with E-state index in [1.54, 1.807) is 6.92 Å². The van der Waals surface area contributed by atoms with Gasteiger partial charge in [0.15, 0.2) is 11.6 Å². The molecule has 3 nitrogen and oxygen atoms in total. The molecule has 21 heavy (non-hydrogen) atoms. The van der Waals surface area contributed by atoms with Crippen LogP contribution in [0.15, 0.2) is 30.3 Å². The number of ether oxygens (including phenoxy) is 1. The van der Waals surface area contributed by atoms with Gasteiger partial charge >= 0.3 is 0 Å². The summed E-state index contributed by atoms with van der Waals surface area (Å²) < 4.78 is 45.3. The molecule has 0 aliphatic rings. The Hall–Kier alpha value is -2.37. The molecule has 0 heterocycles. The number of halogens is 3. The van der Waals surface area contributed by atoms with E-state index in [1.165, 1.54) is 6.07 Å². The van der Waals surface area contributed by atoms with Crippen molar-refractivity contribution in [3.8, 4) is 5.75 Å². The van der Waals surface area contributed by atoms with E-state index in [0.29, 0.717) is 12.3 Å². The zero-order valence-electron chi connectivity index (χ0n) is 11.4. The quantitative estimate of drug-likeness (QED) is 0.827. The van der Waals surface area contributed by atoms with Crippen LogP contribution in [-0.4, -0.2) is 6.61 Å². The maximum absolute atomic E-state index is 13.6. The molecule has 0 bridgehead atoms. The lowest BCUT2D eigenvalue weighted by atomic mass is 10.2. The maximum atomic E-state index is 13.6. The topological polar surface area (TPSA) is 47.3 Å². The molecule has 0 aliphatic carbocycles. The molecule has 3 N–H and O–H groups in total. The molecule has 0 spiro atoms. The van der Waals surface area contributed by atoms with Crippen molar-refractivity contribution in [2.75, 3.05) is 17.7 Å². The summed E-state index contributed by atoms with van der Waals surface area (Å²) in [5.41, 5.74) is 6.39. The average Bonchev–Trinajstić information content (AvgIpc) is 2.44. The predicted octanol–water partition coefficient (Wildman–Crippen LogP) is 3.70. The summed E-state index contributed by atoms with van der Waals surface area (Å²) in [7, 11) is 0. The van der Waals surface area contributed by atoms with E-state index in [4.69, 9.17) is 10.5 Å². The van der Waals surface area contributed by atoms with Gasteiger partial charge in [-0.25, -0.2) is 13.2 Å². The Labute approximate surface area is 120 Å². The van der Waals surface area contributed by atoms with Crippen LogP contribution in [0.2, 0.25) is 0 Å². The Balaban J connectivity index is 2.19. The van der Waals surface area contributed by atoms with Gasteiger partial charge in [-0.15, -0.1) is 0 Å². The van der Waals surface area contributed by atoms with E-state index in [-0.39, 0.29) is 23.5 Å². The minimum atomic E-state index is -0.572. The molecule has 2 aromatic carbocycles. The van der Waals surface area contributed by atoms with Crippen molar-refractivity contribution in [3.05, 3.63) is 53.3 Å². The number of nitrogens with one attached hydrogen (secondary N) is 1. The standard InChI is InChI=1S/C15H15F3N2O/c1-2-21-15-7-14(13(19)6-12(15)18)20-8-9-5-10(16)3-4-11(9)17/h3-7,20H,2,8,19H2,1H3. The van der Waals surface area contributed by atoms with Gasteiger partial charge in [0.1, 0.15) is 11.6 Å². The Morgan fingerprint density at radius 1 is 1.10 bits per heavy atom. The Morgan fingerprint density at radius 3 is 2.57 bits per heavy atom. The molecule has 0 aromatic heterocycles. The van der Waals surface area contributed by atoms with Crippen LogP contribution >= 0.6 is 0 Å². The van der Waals surface area contributed by atoms with Crippen LogP contribution in [0.4, 0.5) is 24.5 Å². The molecule has 0 unspecified atom stereocenters. The Kier molecular flexibility index (Phi) is 4.57. The van der Waals surface area contributed by atoms with Crippen molar-refractivity contribution >= 4 is 11.4 Å². The first-order valence-corrected chi connectivity index (χ1v) is 6.41. The van der Waals surface area contributed by atoms with Crippen molar-refractivity contribution in [1.82, 2.24) is 0 Å². The highest BCUT2D eigenvalue weighted by atomic mass is 19.1. The van der Waals surface area contributed by atoms with Crippen LogP contribution in [0.25, 0.3) is 0 Å². The van der Waals surface area contributed by atoms with Crippen LogP contribution in [0.5, 0.6) is 5.75 Å². The van der Waals surface area contributed by atoms with E-state index >= 15 is 0 Å². The van der Waals surface area contributed by atoms with Gasteiger partial charge in [-0.2, -0.15) is 0 Å². The van der Waals surface area contributed by atoms with Crippen molar-refractivity contribution in [2.24, 2.45) is 0 Å². The van der Waals surface area contributed by atoms with Crippen LogP contribution in [-0.2, 0) is 6.54 Å². The third-order valence-corrected chi connectivity index (χ3v) is 2.88. The number of nitrogens with two attached hydrogens (primary N) is 1. The monoisotopic (exact) mass is 296 g/mol. The zero-order valence-corrected chi connectivity index (χ0v) is 11.4. The summed E-state index contributed by atoms with van der Waals surface area (Å²) in [6.07, 6.45) is 0. The van der Waals surface area contributed by atoms with Gasteiger partial charge in [0.2, 0.25) is 0 Å². The first-order valence-electron chi connectivity index (χ1n) is 6.41. The third-order valence-electron chi connectivity index (χ3n) is 2.88. The van der Waals surface area contributed by atoms with E-state index in [0.717, 1.165) is 24.3 Å². The van der Waals surface area contributed by atoms with Crippen LogP contribution in [0.3, 0.4) is 0 Å². The van der Waals surface area contributed by atoms with E-state index in [2.05, 4.69) is 5.32 Å². The summed E-state index contributed by atoms with van der Waals surface area (Å²) >= 11 is 0. The van der Waals surface area contributed by atoms with Crippen LogP contribution in [0, 0.1) is 17.5 Å². The van der Waals surface area contributed by atoms with Gasteiger partial charge in [-0.3, -0.25) is 0 Å². The molecule has 6 heteroatoms. The van der Waals surface area contributed by atoms with E-state index in [9.17, 15) is 13.2 Å². The number of benzene rings is 2. The molecule has 0 fully saturated rings. The van der Waals surface area contributed by atoms with Gasteiger partial charge in [-0.05, 0) is 25.1 Å². The highest BCUT2D eigenvalue weighted by Crippen LogP contribution is 2.28. The predicted molar refractivity (Wildman–Crippen MR) is 75.7 cm³/mol. The normalized spacial score (nSPS) is 10.5. The molecule has 0 amide bonds. The van der Waals surface area contributed by atoms with Crippen molar-refractivity contribution in [2.45, 2.75) is 13.5 Å². The fraction of sp³-hybridized carbons (Fsp3) is 0.200. The van der Waals surface area contributed by atoms with E-state index < -0.39 is 17.5 Å². The second-order valence-corrected chi connectivity index (χ2v) is 4.39. The summed E-state index contributed by atoms with van der Waals surface area (Å²) in [6, 6.07) is 5.69. The molecule has 0 radical (unpaired) electrons. The number of nitrogen functional groups attached to an aromatic ring is 1. The largest absolute Gasteiger partial charge is 0.491 e. The average molecular weight is 296 g/mol. The summed E-state index contributed by atoms with van der Waals surface area (Å²) in [5, 5.41) is 2.84. The molecule has 0 saturated heterocycles. The van der Waals surface area contributed by atoms with Gasteiger partial charge < -0.3 is 15.8 Å². The van der Waals surface area contributed by atoms with Gasteiger partial charge in [-0.1, -0.05) is 0 Å². The number of hydrogen-bond donors (Lipinski definition) is 2. The second kappa shape index (κ2) is 6.39. The van der Waals surface area contributed by atoms with Gasteiger partial charge in [0.25, 0.3) is 0 Å². The SMILES string of the molecule is CCOc1cc(NCc2cc(F)ccc2F)c(N)cc1F. The summed E-state index contributed by atoms with van der Waals surface area (Å²) in [4.78, 5) is 0. The molecule has 0 saturated carbocycles. The van der Waals surface area contributed by atoms with Crippen LogP contribution in [0.1, 0.15) is 12.5 Å². The lowest BCUT2D eigenvalue weighted by Gasteiger charge is -2.13. The minimum Gasteiger partial charge on any atom is -0.491 e. The Morgan fingerprint density at radius 2 is 1.86 bits per heavy atom. The summed E-state index contributed by atoms with van der Waals surface area (Å²) in [6.45, 7) is 2.05. The van der Waals surface area contributed by atoms with Crippen molar-refractivity contribution in [1.29, 1.82) is 0 Å². The van der Waals surface area contributed by atoms with Crippen LogP contribution < -0.4 is 15.8 Å². The first-order chi connectivity index (χ1) is 10.0. The molecule has 0 aliphatic heterocycles. The van der Waals surface area contributed by atoms with Gasteiger partial charge in [0.05, 0.1) is 18.0 Å². The highest BCUT2D eigenvalue weighted by Gasteiger charge is 2.10. The molecule has 0 atom stereocenters. The third kappa shape index (κ3) is 3.59. The minimum absolute atomic E-state index is 0.0188. The lowest BCUT2D eigenvalue weighted by Crippen LogP contribution is -2.06. The summed E-state index contributed by atoms with van der Waals surface area (Å²) in [5.74, 6) is -1.59. The molecular formula is C15H15F3N2O. The zero-order chi connectivity index (χ0) is 15.4. The maximum Gasteiger partial charge on any atom is 0.167 e. The van der Waals surface area contributed by atoms with Crippen molar-refractivity contribution < 1.29 is 17.9 Å². The molecule has 2 rings (SSSR count). The number of anilines is 2. The number of hydrogen-bond acceptors (Lipinski definition) is 3. The Bertz CT molecular complexity index is 647. The number of rotatable bonds is 5. The molecule has 2 aromatic rings. The smallest absolute Gasteiger partial charge is 0.167 e. The van der Waals surface area contributed by atoms with Gasteiger partial charge in [0, 0.05) is 24.2 Å². The fourth-order valence-electron chi connectivity index (χ4n) is 1.86. The lowest BCUT2D eigenvalue weighted by molar-refractivity contribution is 0.322. The second-order valence-electron chi connectivity index (χ2n) is 4.39.